The van der Waals surface area contributed by atoms with E-state index in [4.69, 9.17) is 0 Å². The summed E-state index contributed by atoms with van der Waals surface area (Å²) in [7, 11) is 0. The summed E-state index contributed by atoms with van der Waals surface area (Å²) in [5.74, 6) is 1.48. The molecule has 2 aromatic carbocycles. The summed E-state index contributed by atoms with van der Waals surface area (Å²) in [6, 6.07) is 17.4. The van der Waals surface area contributed by atoms with Crippen LogP contribution in [0.3, 0.4) is 0 Å². The van der Waals surface area contributed by atoms with Crippen molar-refractivity contribution in [1.82, 2.24) is 9.97 Å². The van der Waals surface area contributed by atoms with Gasteiger partial charge in [-0.2, -0.15) is 4.98 Å². The molecule has 0 spiro atoms. The first kappa shape index (κ1) is 18.4. The first-order chi connectivity index (χ1) is 13.0. The van der Waals surface area contributed by atoms with Crippen molar-refractivity contribution in [1.29, 1.82) is 0 Å². The van der Waals surface area contributed by atoms with Gasteiger partial charge in [-0.05, 0) is 41.8 Å². The molecule has 0 aliphatic carbocycles. The summed E-state index contributed by atoms with van der Waals surface area (Å²) in [5.41, 5.74) is 3.77. The Morgan fingerprint density at radius 2 is 1.74 bits per heavy atom. The molecule has 0 atom stereocenters. The molecule has 1 aromatic heterocycles. The standard InChI is InChI=1S/C21H23N5O/c1-14(2)18-9-4-5-10-19(18)25-20-11-12-22-21(26-20)24-17-8-6-7-16(13-17)23-15(3)27/h4-14H,1-3H3,(H,23,27)(H2,22,24,25,26). The molecule has 3 aromatic rings. The van der Waals surface area contributed by atoms with Gasteiger partial charge in [-0.15, -0.1) is 0 Å². The van der Waals surface area contributed by atoms with E-state index >= 15 is 0 Å². The topological polar surface area (TPSA) is 78.9 Å². The molecule has 1 amide bonds. The van der Waals surface area contributed by atoms with Crippen molar-refractivity contribution in [3.8, 4) is 0 Å². The van der Waals surface area contributed by atoms with Gasteiger partial charge < -0.3 is 16.0 Å². The number of carbonyl (C=O) groups excluding carboxylic acids is 1. The Balaban J connectivity index is 1.78. The minimum absolute atomic E-state index is 0.113. The van der Waals surface area contributed by atoms with E-state index in [1.165, 1.54) is 12.5 Å². The average molecular weight is 361 g/mol. The molecule has 0 aliphatic heterocycles. The van der Waals surface area contributed by atoms with Crippen LogP contribution in [0.4, 0.5) is 28.8 Å². The largest absolute Gasteiger partial charge is 0.340 e. The minimum atomic E-state index is -0.113. The number of aromatic nitrogens is 2. The third-order valence-electron chi connectivity index (χ3n) is 3.94. The highest BCUT2D eigenvalue weighted by molar-refractivity contribution is 5.89. The molecule has 6 heteroatoms. The molecule has 0 saturated heterocycles. The fraction of sp³-hybridized carbons (Fsp3) is 0.190. The van der Waals surface area contributed by atoms with E-state index in [0.29, 0.717) is 23.4 Å². The first-order valence-electron chi connectivity index (χ1n) is 8.85. The number of amides is 1. The maximum absolute atomic E-state index is 11.2. The van der Waals surface area contributed by atoms with Crippen molar-refractivity contribution in [3.63, 3.8) is 0 Å². The summed E-state index contributed by atoms with van der Waals surface area (Å²) < 4.78 is 0. The van der Waals surface area contributed by atoms with Crippen LogP contribution in [-0.2, 0) is 4.79 Å². The molecule has 3 N–H and O–H groups in total. The Labute approximate surface area is 159 Å². The molecule has 0 saturated carbocycles. The molecule has 0 aliphatic rings. The van der Waals surface area contributed by atoms with E-state index in [0.717, 1.165) is 11.4 Å². The third-order valence-corrected chi connectivity index (χ3v) is 3.94. The van der Waals surface area contributed by atoms with Crippen LogP contribution in [0.2, 0.25) is 0 Å². The predicted molar refractivity (Wildman–Crippen MR) is 110 cm³/mol. The van der Waals surface area contributed by atoms with Crippen LogP contribution in [0.5, 0.6) is 0 Å². The molecule has 6 nitrogen and oxygen atoms in total. The molecule has 1 heterocycles. The molecule has 0 unspecified atom stereocenters. The van der Waals surface area contributed by atoms with Gasteiger partial charge in [0, 0.05) is 30.2 Å². The number of nitrogens with zero attached hydrogens (tertiary/aromatic N) is 2. The van der Waals surface area contributed by atoms with Crippen molar-refractivity contribution in [2.75, 3.05) is 16.0 Å². The molecule has 0 bridgehead atoms. The van der Waals surface area contributed by atoms with E-state index in [1.807, 2.05) is 48.5 Å². The minimum Gasteiger partial charge on any atom is -0.340 e. The maximum Gasteiger partial charge on any atom is 0.229 e. The number of anilines is 5. The van der Waals surface area contributed by atoms with E-state index in [-0.39, 0.29) is 5.91 Å². The van der Waals surface area contributed by atoms with Gasteiger partial charge in [-0.25, -0.2) is 4.98 Å². The van der Waals surface area contributed by atoms with Gasteiger partial charge in [-0.1, -0.05) is 38.1 Å². The second-order valence-corrected chi connectivity index (χ2v) is 6.52. The number of hydrogen-bond donors (Lipinski definition) is 3. The van der Waals surface area contributed by atoms with E-state index in [2.05, 4.69) is 45.8 Å². The number of carbonyl (C=O) groups is 1. The van der Waals surface area contributed by atoms with Gasteiger partial charge in [0.2, 0.25) is 11.9 Å². The highest BCUT2D eigenvalue weighted by atomic mass is 16.1. The lowest BCUT2D eigenvalue weighted by molar-refractivity contribution is -0.114. The Morgan fingerprint density at radius 1 is 0.963 bits per heavy atom. The van der Waals surface area contributed by atoms with Gasteiger partial charge in [0.15, 0.2) is 0 Å². The van der Waals surface area contributed by atoms with Gasteiger partial charge in [-0.3, -0.25) is 4.79 Å². The molecule has 138 valence electrons. The lowest BCUT2D eigenvalue weighted by Gasteiger charge is -2.14. The van der Waals surface area contributed by atoms with Crippen LogP contribution >= 0.6 is 0 Å². The maximum atomic E-state index is 11.2. The van der Waals surface area contributed by atoms with Crippen LogP contribution in [-0.4, -0.2) is 15.9 Å². The molecule has 3 rings (SSSR count). The molecular formula is C21H23N5O. The van der Waals surface area contributed by atoms with Crippen LogP contribution in [0, 0.1) is 0 Å². The van der Waals surface area contributed by atoms with E-state index in [1.54, 1.807) is 6.20 Å². The predicted octanol–water partition coefficient (Wildman–Crippen LogP) is 5.05. The summed E-state index contributed by atoms with van der Waals surface area (Å²) in [4.78, 5) is 20.0. The fourth-order valence-electron chi connectivity index (χ4n) is 2.75. The van der Waals surface area contributed by atoms with Gasteiger partial charge >= 0.3 is 0 Å². The highest BCUT2D eigenvalue weighted by Gasteiger charge is 2.07. The zero-order valence-corrected chi connectivity index (χ0v) is 15.7. The Hall–Kier alpha value is -3.41. The SMILES string of the molecule is CC(=O)Nc1cccc(Nc2nccc(Nc3ccccc3C(C)C)n2)c1. The first-order valence-corrected chi connectivity index (χ1v) is 8.85. The number of nitrogens with one attached hydrogen (secondary N) is 3. The fourth-order valence-corrected chi connectivity index (χ4v) is 2.75. The van der Waals surface area contributed by atoms with Crippen molar-refractivity contribution < 1.29 is 4.79 Å². The summed E-state index contributed by atoms with van der Waals surface area (Å²) in [6.45, 7) is 5.80. The Bertz CT molecular complexity index is 939. The van der Waals surface area contributed by atoms with E-state index < -0.39 is 0 Å². The normalized spacial score (nSPS) is 10.5. The van der Waals surface area contributed by atoms with Crippen LogP contribution in [0.1, 0.15) is 32.3 Å². The Morgan fingerprint density at radius 3 is 2.52 bits per heavy atom. The van der Waals surface area contributed by atoms with Crippen LogP contribution < -0.4 is 16.0 Å². The summed E-state index contributed by atoms with van der Waals surface area (Å²) in [6.07, 6.45) is 1.70. The zero-order chi connectivity index (χ0) is 19.2. The zero-order valence-electron chi connectivity index (χ0n) is 15.7. The number of para-hydroxylation sites is 1. The summed E-state index contributed by atoms with van der Waals surface area (Å²) in [5, 5.41) is 9.30. The van der Waals surface area contributed by atoms with Crippen molar-refractivity contribution in [3.05, 3.63) is 66.4 Å². The van der Waals surface area contributed by atoms with Crippen molar-refractivity contribution in [2.45, 2.75) is 26.7 Å². The van der Waals surface area contributed by atoms with E-state index in [9.17, 15) is 4.79 Å². The van der Waals surface area contributed by atoms with Gasteiger partial charge in [0.25, 0.3) is 0 Å². The third kappa shape index (κ3) is 5.04. The average Bonchev–Trinajstić information content (AvgIpc) is 2.62. The van der Waals surface area contributed by atoms with Gasteiger partial charge in [0.05, 0.1) is 0 Å². The highest BCUT2D eigenvalue weighted by Crippen LogP contribution is 2.26. The van der Waals surface area contributed by atoms with Crippen molar-refractivity contribution in [2.24, 2.45) is 0 Å². The summed E-state index contributed by atoms with van der Waals surface area (Å²) >= 11 is 0. The quantitative estimate of drug-likeness (QED) is 0.573. The lowest BCUT2D eigenvalue weighted by Crippen LogP contribution is -2.06. The molecule has 27 heavy (non-hydrogen) atoms. The lowest BCUT2D eigenvalue weighted by atomic mass is 10.0. The second kappa shape index (κ2) is 8.31. The molecular weight excluding hydrogens is 338 g/mol. The monoisotopic (exact) mass is 361 g/mol. The second-order valence-electron chi connectivity index (χ2n) is 6.52. The number of hydrogen-bond acceptors (Lipinski definition) is 5. The van der Waals surface area contributed by atoms with Crippen LogP contribution in [0.25, 0.3) is 0 Å². The van der Waals surface area contributed by atoms with Gasteiger partial charge in [0.1, 0.15) is 5.82 Å². The molecule has 0 fully saturated rings. The number of rotatable bonds is 6. The molecule has 0 radical (unpaired) electrons. The van der Waals surface area contributed by atoms with Crippen LogP contribution in [0.15, 0.2) is 60.8 Å². The number of benzene rings is 2. The Kier molecular flexibility index (Phi) is 5.66. The smallest absolute Gasteiger partial charge is 0.229 e. The van der Waals surface area contributed by atoms with Crippen molar-refractivity contribution >= 4 is 34.7 Å².